The first-order chi connectivity index (χ1) is 8.18. The first kappa shape index (κ1) is 12.8. The fraction of sp³-hybridized carbons (Fsp3) is 0.273. The topological polar surface area (TPSA) is 82.1 Å². The number of aromatic nitrogens is 2. The summed E-state index contributed by atoms with van der Waals surface area (Å²) in [5, 5.41) is 14.3. The molecule has 0 amide bonds. The average molecular weight is 235 g/mol. The lowest BCUT2D eigenvalue weighted by atomic mass is 10.2. The largest absolute Gasteiger partial charge is 0.334 e. The lowest BCUT2D eigenvalue weighted by Crippen LogP contribution is -1.91. The van der Waals surface area contributed by atoms with Gasteiger partial charge in [-0.3, -0.25) is 10.1 Å². The van der Waals surface area contributed by atoms with Crippen LogP contribution in [-0.2, 0) is 0 Å². The molecule has 1 aromatic heterocycles. The van der Waals surface area contributed by atoms with Gasteiger partial charge in [-0.15, -0.1) is 0 Å². The van der Waals surface area contributed by atoms with Crippen molar-refractivity contribution in [3.63, 3.8) is 0 Å². The van der Waals surface area contributed by atoms with Crippen LogP contribution >= 0.6 is 0 Å². The van der Waals surface area contributed by atoms with Crippen molar-refractivity contribution in [3.05, 3.63) is 40.2 Å². The first-order valence-corrected chi connectivity index (χ1v) is 5.22. The van der Waals surface area contributed by atoms with Gasteiger partial charge in [0.05, 0.1) is 4.92 Å². The number of hydrogen-bond donors (Lipinski definition) is 0. The molecule has 0 N–H and O–H groups in total. The van der Waals surface area contributed by atoms with Crippen molar-refractivity contribution >= 4 is 5.69 Å². The number of para-hydroxylation sites is 1. The molecule has 2 rings (SSSR count). The maximum Gasteiger partial charge on any atom is 0.282 e. The van der Waals surface area contributed by atoms with Crippen molar-refractivity contribution in [2.45, 2.75) is 20.8 Å². The van der Waals surface area contributed by atoms with Gasteiger partial charge in [-0.1, -0.05) is 31.1 Å². The molecule has 0 saturated heterocycles. The third kappa shape index (κ3) is 2.87. The molecular formula is C11H13N3O3. The Hall–Kier alpha value is -2.24. The number of hydrogen-bond acceptors (Lipinski definition) is 5. The average Bonchev–Trinajstić information content (AvgIpc) is 2.78. The Bertz CT molecular complexity index is 508. The van der Waals surface area contributed by atoms with Gasteiger partial charge >= 0.3 is 0 Å². The third-order valence-electron chi connectivity index (χ3n) is 1.86. The number of nitro groups is 1. The summed E-state index contributed by atoms with van der Waals surface area (Å²) < 4.78 is 4.88. The van der Waals surface area contributed by atoms with Gasteiger partial charge in [0.15, 0.2) is 5.82 Å². The van der Waals surface area contributed by atoms with Crippen LogP contribution in [-0.4, -0.2) is 15.1 Å². The Kier molecular flexibility index (Phi) is 4.33. The Morgan fingerprint density at radius 3 is 2.47 bits per heavy atom. The third-order valence-corrected chi connectivity index (χ3v) is 1.86. The Labute approximate surface area is 98.4 Å². The summed E-state index contributed by atoms with van der Waals surface area (Å²) in [6.45, 7) is 5.65. The van der Waals surface area contributed by atoms with Gasteiger partial charge in [-0.25, -0.2) is 0 Å². The molecule has 1 aromatic carbocycles. The molecule has 0 aliphatic heterocycles. The molecule has 0 aliphatic rings. The second-order valence-electron chi connectivity index (χ2n) is 2.92. The lowest BCUT2D eigenvalue weighted by molar-refractivity contribution is -0.384. The fourth-order valence-corrected chi connectivity index (χ4v) is 1.22. The molecule has 90 valence electrons. The van der Waals surface area contributed by atoms with Gasteiger partial charge in [0.1, 0.15) is 5.56 Å². The van der Waals surface area contributed by atoms with Crippen molar-refractivity contribution in [1.82, 2.24) is 10.1 Å². The van der Waals surface area contributed by atoms with Crippen LogP contribution in [0.25, 0.3) is 11.5 Å². The van der Waals surface area contributed by atoms with E-state index in [9.17, 15) is 10.1 Å². The van der Waals surface area contributed by atoms with E-state index < -0.39 is 4.92 Å². The van der Waals surface area contributed by atoms with Gasteiger partial charge in [0.2, 0.25) is 0 Å². The Balaban J connectivity index is 0.000000686. The molecule has 2 aromatic rings. The second kappa shape index (κ2) is 5.74. The quantitative estimate of drug-likeness (QED) is 0.590. The molecule has 0 aliphatic carbocycles. The smallest absolute Gasteiger partial charge is 0.282 e. The molecule has 0 radical (unpaired) electrons. The highest BCUT2D eigenvalue weighted by Gasteiger charge is 2.18. The second-order valence-corrected chi connectivity index (χ2v) is 2.92. The van der Waals surface area contributed by atoms with Gasteiger partial charge in [-0.05, 0) is 13.0 Å². The summed E-state index contributed by atoms with van der Waals surface area (Å²) in [6, 6.07) is 6.24. The summed E-state index contributed by atoms with van der Waals surface area (Å²) in [6.07, 6.45) is 0. The molecule has 0 spiro atoms. The van der Waals surface area contributed by atoms with Gasteiger partial charge < -0.3 is 4.52 Å². The van der Waals surface area contributed by atoms with E-state index in [1.54, 1.807) is 25.1 Å². The number of benzene rings is 1. The molecule has 0 bridgehead atoms. The molecule has 0 unspecified atom stereocenters. The molecule has 0 fully saturated rings. The SMILES string of the molecule is CC.Cc1noc(-c2ccccc2[N+](=O)[O-])n1. The maximum absolute atomic E-state index is 10.7. The minimum Gasteiger partial charge on any atom is -0.334 e. The van der Waals surface area contributed by atoms with Crippen molar-refractivity contribution in [2.24, 2.45) is 0 Å². The number of nitro benzene ring substituents is 1. The fourth-order valence-electron chi connectivity index (χ4n) is 1.22. The molecule has 0 atom stereocenters. The van der Waals surface area contributed by atoms with E-state index in [4.69, 9.17) is 4.52 Å². The van der Waals surface area contributed by atoms with E-state index in [0.29, 0.717) is 11.4 Å². The standard InChI is InChI=1S/C9H7N3O3.C2H6/c1-6-10-9(15-11-6)7-4-2-3-5-8(7)12(13)14;1-2/h2-5H,1H3;1-2H3. The maximum atomic E-state index is 10.7. The summed E-state index contributed by atoms with van der Waals surface area (Å²) >= 11 is 0. The monoisotopic (exact) mass is 235 g/mol. The normalized spacial score (nSPS) is 9.35. The van der Waals surface area contributed by atoms with E-state index in [-0.39, 0.29) is 11.6 Å². The van der Waals surface area contributed by atoms with E-state index >= 15 is 0 Å². The summed E-state index contributed by atoms with van der Waals surface area (Å²) in [4.78, 5) is 14.2. The Morgan fingerprint density at radius 2 is 1.94 bits per heavy atom. The highest BCUT2D eigenvalue weighted by Crippen LogP contribution is 2.27. The van der Waals surface area contributed by atoms with Gasteiger partial charge in [0.25, 0.3) is 11.6 Å². The zero-order valence-electron chi connectivity index (χ0n) is 9.88. The van der Waals surface area contributed by atoms with Crippen LogP contribution in [0.4, 0.5) is 5.69 Å². The van der Waals surface area contributed by atoms with Crippen LogP contribution in [0.5, 0.6) is 0 Å². The van der Waals surface area contributed by atoms with Crippen molar-refractivity contribution < 1.29 is 9.45 Å². The first-order valence-electron chi connectivity index (χ1n) is 5.22. The molecule has 6 nitrogen and oxygen atoms in total. The zero-order chi connectivity index (χ0) is 12.8. The van der Waals surface area contributed by atoms with Crippen LogP contribution < -0.4 is 0 Å². The summed E-state index contributed by atoms with van der Waals surface area (Å²) in [7, 11) is 0. The predicted molar refractivity (Wildman–Crippen MR) is 62.5 cm³/mol. The van der Waals surface area contributed by atoms with E-state index in [0.717, 1.165) is 0 Å². The molecule has 1 heterocycles. The van der Waals surface area contributed by atoms with Crippen LogP contribution in [0.2, 0.25) is 0 Å². The number of nitrogens with zero attached hydrogens (tertiary/aromatic N) is 3. The van der Waals surface area contributed by atoms with E-state index in [1.165, 1.54) is 6.07 Å². The van der Waals surface area contributed by atoms with Crippen LogP contribution in [0.3, 0.4) is 0 Å². The van der Waals surface area contributed by atoms with Crippen LogP contribution in [0.15, 0.2) is 28.8 Å². The van der Waals surface area contributed by atoms with Crippen molar-refractivity contribution in [2.75, 3.05) is 0 Å². The van der Waals surface area contributed by atoms with E-state index in [1.807, 2.05) is 13.8 Å². The highest BCUT2D eigenvalue weighted by atomic mass is 16.6. The molecular weight excluding hydrogens is 222 g/mol. The van der Waals surface area contributed by atoms with Gasteiger partial charge in [0, 0.05) is 6.07 Å². The van der Waals surface area contributed by atoms with Crippen molar-refractivity contribution in [3.8, 4) is 11.5 Å². The number of rotatable bonds is 2. The zero-order valence-corrected chi connectivity index (χ0v) is 9.88. The lowest BCUT2D eigenvalue weighted by Gasteiger charge is -1.95. The van der Waals surface area contributed by atoms with Crippen LogP contribution in [0.1, 0.15) is 19.7 Å². The summed E-state index contributed by atoms with van der Waals surface area (Å²) in [5.41, 5.74) is 0.296. The van der Waals surface area contributed by atoms with Crippen molar-refractivity contribution in [1.29, 1.82) is 0 Å². The van der Waals surface area contributed by atoms with Gasteiger partial charge in [-0.2, -0.15) is 4.98 Å². The molecule has 0 saturated carbocycles. The Morgan fingerprint density at radius 1 is 1.29 bits per heavy atom. The van der Waals surface area contributed by atoms with E-state index in [2.05, 4.69) is 10.1 Å². The minimum absolute atomic E-state index is 0.0406. The minimum atomic E-state index is -0.477. The highest BCUT2D eigenvalue weighted by molar-refractivity contribution is 5.66. The summed E-state index contributed by atoms with van der Waals surface area (Å²) in [5.74, 6) is 0.614. The molecule has 17 heavy (non-hydrogen) atoms. The number of aryl methyl sites for hydroxylation is 1. The predicted octanol–water partition coefficient (Wildman–Crippen LogP) is 2.98. The molecule has 6 heteroatoms. The van der Waals surface area contributed by atoms with Crippen LogP contribution in [0, 0.1) is 17.0 Å².